The van der Waals surface area contributed by atoms with Crippen molar-refractivity contribution < 1.29 is 14.6 Å². The maximum Gasteiger partial charge on any atom is 0.335 e. The van der Waals surface area contributed by atoms with Crippen LogP contribution in [0, 0.1) is 5.92 Å². The van der Waals surface area contributed by atoms with Crippen molar-refractivity contribution in [1.82, 2.24) is 4.90 Å². The van der Waals surface area contributed by atoms with Crippen LogP contribution >= 0.6 is 0 Å². The minimum Gasteiger partial charge on any atom is -0.494 e. The lowest BCUT2D eigenvalue weighted by Gasteiger charge is -2.27. The third-order valence-corrected chi connectivity index (χ3v) is 3.69. The second kappa shape index (κ2) is 7.90. The molecule has 0 saturated carbocycles. The predicted octanol–water partition coefficient (Wildman–Crippen LogP) is 3.13. The van der Waals surface area contributed by atoms with Crippen molar-refractivity contribution in [3.05, 3.63) is 29.8 Å². The van der Waals surface area contributed by atoms with Crippen LogP contribution in [0.15, 0.2) is 24.3 Å². The van der Waals surface area contributed by atoms with Gasteiger partial charge in [0.2, 0.25) is 0 Å². The second-order valence-electron chi connectivity index (χ2n) is 5.50. The van der Waals surface area contributed by atoms with Crippen LogP contribution in [-0.2, 0) is 0 Å². The minimum atomic E-state index is -0.916. The quantitative estimate of drug-likeness (QED) is 0.743. The summed E-state index contributed by atoms with van der Waals surface area (Å²) in [5, 5.41) is 8.80. The first kappa shape index (κ1) is 16.5. The molecule has 1 atom stereocenters. The lowest BCUT2D eigenvalue weighted by atomic mass is 10.1. The summed E-state index contributed by atoms with van der Waals surface area (Å²) in [5.74, 6) is 0.444. The summed E-state index contributed by atoms with van der Waals surface area (Å²) in [5.41, 5.74) is 0.280. The molecule has 0 saturated heterocycles. The smallest absolute Gasteiger partial charge is 0.335 e. The maximum atomic E-state index is 10.7. The first-order valence-electron chi connectivity index (χ1n) is 7.08. The number of carbonyl (C=O) groups is 1. The number of aromatic carboxylic acids is 1. The molecule has 0 aromatic heterocycles. The number of carboxylic acid groups (broad SMARTS) is 1. The Balaban J connectivity index is 2.29. The zero-order valence-corrected chi connectivity index (χ0v) is 12.8. The first-order chi connectivity index (χ1) is 9.41. The molecule has 1 N–H and O–H groups in total. The molecule has 0 spiro atoms. The van der Waals surface area contributed by atoms with Crippen molar-refractivity contribution in [2.24, 2.45) is 5.92 Å². The lowest BCUT2D eigenvalue weighted by molar-refractivity contribution is 0.0697. The van der Waals surface area contributed by atoms with Crippen LogP contribution in [0.3, 0.4) is 0 Å². The van der Waals surface area contributed by atoms with E-state index < -0.39 is 5.97 Å². The molecule has 0 bridgehead atoms. The monoisotopic (exact) mass is 279 g/mol. The Kier molecular flexibility index (Phi) is 6.52. The summed E-state index contributed by atoms with van der Waals surface area (Å²) in [6, 6.07) is 7.08. The topological polar surface area (TPSA) is 49.8 Å². The highest BCUT2D eigenvalue weighted by atomic mass is 16.5. The number of hydrogen-bond acceptors (Lipinski definition) is 3. The van der Waals surface area contributed by atoms with Gasteiger partial charge in [0.15, 0.2) is 0 Å². The van der Waals surface area contributed by atoms with Gasteiger partial charge in [-0.2, -0.15) is 0 Å². The molecule has 4 nitrogen and oxygen atoms in total. The van der Waals surface area contributed by atoms with Crippen LogP contribution in [-0.4, -0.2) is 42.2 Å². The van der Waals surface area contributed by atoms with Crippen molar-refractivity contribution in [1.29, 1.82) is 0 Å². The number of hydrogen-bond donors (Lipinski definition) is 1. The van der Waals surface area contributed by atoms with Crippen molar-refractivity contribution >= 4 is 5.97 Å². The summed E-state index contributed by atoms with van der Waals surface area (Å²) >= 11 is 0. The van der Waals surface area contributed by atoms with E-state index in [0.29, 0.717) is 18.6 Å². The molecule has 0 radical (unpaired) electrons. The molecule has 0 fully saturated rings. The van der Waals surface area contributed by atoms with Gasteiger partial charge in [0.05, 0.1) is 12.2 Å². The number of ether oxygens (including phenoxy) is 1. The first-order valence-corrected chi connectivity index (χ1v) is 7.08. The highest BCUT2D eigenvalue weighted by Gasteiger charge is 2.12. The molecule has 1 unspecified atom stereocenters. The van der Waals surface area contributed by atoms with Gasteiger partial charge in [-0.1, -0.05) is 13.8 Å². The van der Waals surface area contributed by atoms with E-state index in [-0.39, 0.29) is 5.56 Å². The maximum absolute atomic E-state index is 10.7. The van der Waals surface area contributed by atoms with Gasteiger partial charge in [-0.15, -0.1) is 0 Å². The van der Waals surface area contributed by atoms with Gasteiger partial charge in [0.25, 0.3) is 0 Å². The molecule has 0 amide bonds. The Bertz CT molecular complexity index is 414. The molecular formula is C16H25NO3. The molecule has 20 heavy (non-hydrogen) atoms. The zero-order chi connectivity index (χ0) is 15.1. The van der Waals surface area contributed by atoms with Crippen molar-refractivity contribution in [2.75, 3.05) is 20.2 Å². The number of rotatable bonds is 8. The van der Waals surface area contributed by atoms with Gasteiger partial charge in [0, 0.05) is 12.6 Å². The molecule has 112 valence electrons. The molecule has 1 aromatic carbocycles. The van der Waals surface area contributed by atoms with Gasteiger partial charge in [-0.3, -0.25) is 0 Å². The summed E-state index contributed by atoms with van der Waals surface area (Å²) in [7, 11) is 2.13. The van der Waals surface area contributed by atoms with E-state index in [1.807, 2.05) is 0 Å². The Morgan fingerprint density at radius 3 is 2.35 bits per heavy atom. The Morgan fingerprint density at radius 2 is 1.85 bits per heavy atom. The van der Waals surface area contributed by atoms with Gasteiger partial charge in [-0.05, 0) is 50.6 Å². The van der Waals surface area contributed by atoms with E-state index in [2.05, 4.69) is 32.7 Å². The van der Waals surface area contributed by atoms with Crippen LogP contribution in [0.5, 0.6) is 5.75 Å². The van der Waals surface area contributed by atoms with E-state index in [4.69, 9.17) is 9.84 Å². The van der Waals surface area contributed by atoms with Gasteiger partial charge in [-0.25, -0.2) is 4.79 Å². The highest BCUT2D eigenvalue weighted by Crippen LogP contribution is 2.13. The van der Waals surface area contributed by atoms with Gasteiger partial charge < -0.3 is 14.7 Å². The average molecular weight is 279 g/mol. The Labute approximate surface area is 121 Å². The third-order valence-electron chi connectivity index (χ3n) is 3.69. The van der Waals surface area contributed by atoms with E-state index >= 15 is 0 Å². The van der Waals surface area contributed by atoms with Crippen molar-refractivity contribution in [3.8, 4) is 5.75 Å². The van der Waals surface area contributed by atoms with Crippen LogP contribution < -0.4 is 4.74 Å². The van der Waals surface area contributed by atoms with Crippen LogP contribution in [0.2, 0.25) is 0 Å². The molecule has 0 aliphatic heterocycles. The van der Waals surface area contributed by atoms with Crippen LogP contribution in [0.1, 0.15) is 37.6 Å². The molecule has 1 aromatic rings. The fourth-order valence-electron chi connectivity index (χ4n) is 1.91. The molecular weight excluding hydrogens is 254 g/mol. The molecule has 4 heteroatoms. The normalized spacial score (nSPS) is 12.7. The number of carboxylic acids is 1. The van der Waals surface area contributed by atoms with Crippen molar-refractivity contribution in [2.45, 2.75) is 33.2 Å². The third kappa shape index (κ3) is 5.21. The number of nitrogens with zero attached hydrogens (tertiary/aromatic N) is 1. The van der Waals surface area contributed by atoms with Crippen molar-refractivity contribution in [3.63, 3.8) is 0 Å². The predicted molar refractivity (Wildman–Crippen MR) is 80.4 cm³/mol. The summed E-state index contributed by atoms with van der Waals surface area (Å²) < 4.78 is 5.61. The fourth-order valence-corrected chi connectivity index (χ4v) is 1.91. The lowest BCUT2D eigenvalue weighted by Crippen LogP contribution is -2.34. The summed E-state index contributed by atoms with van der Waals surface area (Å²) in [6.45, 7) is 8.31. The van der Waals surface area contributed by atoms with Crippen LogP contribution in [0.25, 0.3) is 0 Å². The zero-order valence-electron chi connectivity index (χ0n) is 12.8. The van der Waals surface area contributed by atoms with E-state index in [1.165, 1.54) is 0 Å². The SMILES string of the molecule is CC(C)C(C)N(C)CCCOc1ccc(C(=O)O)cc1. The minimum absolute atomic E-state index is 0.280. The molecule has 1 rings (SSSR count). The van der Waals surface area contributed by atoms with Crippen LogP contribution in [0.4, 0.5) is 0 Å². The Hall–Kier alpha value is -1.55. The van der Waals surface area contributed by atoms with E-state index in [9.17, 15) is 4.79 Å². The second-order valence-corrected chi connectivity index (χ2v) is 5.50. The molecule has 0 aliphatic rings. The molecule has 0 heterocycles. The van der Waals surface area contributed by atoms with E-state index in [0.717, 1.165) is 18.7 Å². The fraction of sp³-hybridized carbons (Fsp3) is 0.562. The Morgan fingerprint density at radius 1 is 1.25 bits per heavy atom. The standard InChI is InChI=1S/C16H25NO3/c1-12(2)13(3)17(4)10-5-11-20-15-8-6-14(7-9-15)16(18)19/h6-9,12-13H,5,10-11H2,1-4H3,(H,18,19). The molecule has 0 aliphatic carbocycles. The summed E-state index contributed by atoms with van der Waals surface area (Å²) in [4.78, 5) is 13.1. The van der Waals surface area contributed by atoms with Gasteiger partial charge >= 0.3 is 5.97 Å². The largest absolute Gasteiger partial charge is 0.494 e. The van der Waals surface area contributed by atoms with Gasteiger partial charge in [0.1, 0.15) is 5.75 Å². The number of benzene rings is 1. The van der Waals surface area contributed by atoms with E-state index in [1.54, 1.807) is 24.3 Å². The highest BCUT2D eigenvalue weighted by molar-refractivity contribution is 5.87. The average Bonchev–Trinajstić information content (AvgIpc) is 2.42. The summed E-state index contributed by atoms with van der Waals surface area (Å²) in [6.07, 6.45) is 0.953.